The molecular weight excluding hydrogens is 210 g/mol. The van der Waals surface area contributed by atoms with Crippen molar-refractivity contribution in [3.63, 3.8) is 0 Å². The molecule has 3 rings (SSSR count). The summed E-state index contributed by atoms with van der Waals surface area (Å²) in [5.74, 6) is 0.631. The minimum Gasteiger partial charge on any atom is -0.385 e. The summed E-state index contributed by atoms with van der Waals surface area (Å²) >= 11 is 0. The van der Waals surface area contributed by atoms with Gasteiger partial charge in [0.1, 0.15) is 0 Å². The van der Waals surface area contributed by atoms with E-state index in [4.69, 9.17) is 0 Å². The standard InChI is InChI=1S/C15H17NO/c1-10-8-15(17,9-10)13-5-6-14-12(7-13)4-3-11(2)16-14/h3-7,10,17H,8-9H2,1-2H3. The first kappa shape index (κ1) is 10.7. The highest BCUT2D eigenvalue weighted by molar-refractivity contribution is 5.79. The molecule has 1 aliphatic carbocycles. The lowest BCUT2D eigenvalue weighted by Crippen LogP contribution is -2.39. The maximum absolute atomic E-state index is 10.4. The van der Waals surface area contributed by atoms with Crippen molar-refractivity contribution >= 4 is 10.9 Å². The summed E-state index contributed by atoms with van der Waals surface area (Å²) in [4.78, 5) is 4.48. The molecule has 0 bridgehead atoms. The Kier molecular flexibility index (Phi) is 2.23. The zero-order chi connectivity index (χ0) is 12.0. The maximum atomic E-state index is 10.4. The third kappa shape index (κ3) is 1.73. The molecule has 0 amide bonds. The summed E-state index contributed by atoms with van der Waals surface area (Å²) in [6.45, 7) is 4.18. The van der Waals surface area contributed by atoms with Gasteiger partial charge in [-0.25, -0.2) is 0 Å². The second-order valence-electron chi connectivity index (χ2n) is 5.41. The molecule has 17 heavy (non-hydrogen) atoms. The predicted octanol–water partition coefficient (Wildman–Crippen LogP) is 3.16. The van der Waals surface area contributed by atoms with Gasteiger partial charge in [-0.1, -0.05) is 19.1 Å². The number of hydrogen-bond acceptors (Lipinski definition) is 2. The van der Waals surface area contributed by atoms with Crippen LogP contribution in [0.5, 0.6) is 0 Å². The van der Waals surface area contributed by atoms with E-state index in [-0.39, 0.29) is 0 Å². The summed E-state index contributed by atoms with van der Waals surface area (Å²) in [5.41, 5.74) is 2.47. The van der Waals surface area contributed by atoms with Crippen LogP contribution in [0.15, 0.2) is 30.3 Å². The van der Waals surface area contributed by atoms with Gasteiger partial charge in [0.05, 0.1) is 11.1 Å². The van der Waals surface area contributed by atoms with Crippen LogP contribution in [0.4, 0.5) is 0 Å². The Morgan fingerprint density at radius 3 is 2.71 bits per heavy atom. The van der Waals surface area contributed by atoms with Crippen LogP contribution < -0.4 is 0 Å². The van der Waals surface area contributed by atoms with Crippen LogP contribution in [-0.2, 0) is 5.60 Å². The molecule has 1 aliphatic rings. The van der Waals surface area contributed by atoms with Crippen molar-refractivity contribution in [3.8, 4) is 0 Å². The van der Waals surface area contributed by atoms with Crippen LogP contribution in [0.25, 0.3) is 10.9 Å². The van der Waals surface area contributed by atoms with E-state index >= 15 is 0 Å². The first-order valence-electron chi connectivity index (χ1n) is 6.17. The molecular formula is C15H17NO. The van der Waals surface area contributed by atoms with Gasteiger partial charge < -0.3 is 5.11 Å². The highest BCUT2D eigenvalue weighted by atomic mass is 16.3. The van der Waals surface area contributed by atoms with Crippen molar-refractivity contribution in [3.05, 3.63) is 41.6 Å². The highest BCUT2D eigenvalue weighted by Gasteiger charge is 2.41. The number of hydrogen-bond donors (Lipinski definition) is 1. The van der Waals surface area contributed by atoms with Gasteiger partial charge in [0.25, 0.3) is 0 Å². The third-order valence-electron chi connectivity index (χ3n) is 3.74. The van der Waals surface area contributed by atoms with Gasteiger partial charge in [0, 0.05) is 11.1 Å². The van der Waals surface area contributed by atoms with Crippen LogP contribution >= 0.6 is 0 Å². The number of nitrogens with zero attached hydrogens (tertiary/aromatic N) is 1. The fraction of sp³-hybridized carbons (Fsp3) is 0.400. The van der Waals surface area contributed by atoms with Gasteiger partial charge in [-0.05, 0) is 49.4 Å². The molecule has 2 aromatic rings. The van der Waals surface area contributed by atoms with E-state index in [2.05, 4.69) is 24.0 Å². The first-order valence-corrected chi connectivity index (χ1v) is 6.17. The molecule has 1 fully saturated rings. The smallest absolute Gasteiger partial charge is 0.0901 e. The summed E-state index contributed by atoms with van der Waals surface area (Å²) in [6, 6.07) is 10.2. The Labute approximate surface area is 101 Å². The Morgan fingerprint density at radius 2 is 2.00 bits per heavy atom. The molecule has 1 heterocycles. The Hall–Kier alpha value is -1.41. The molecule has 0 saturated heterocycles. The van der Waals surface area contributed by atoms with E-state index in [9.17, 15) is 5.11 Å². The van der Waals surface area contributed by atoms with Gasteiger partial charge in [0.15, 0.2) is 0 Å². The van der Waals surface area contributed by atoms with Crippen molar-refractivity contribution in [2.45, 2.75) is 32.3 Å². The second-order valence-corrected chi connectivity index (χ2v) is 5.41. The fourth-order valence-electron chi connectivity index (χ4n) is 2.85. The van der Waals surface area contributed by atoms with Crippen molar-refractivity contribution in [2.75, 3.05) is 0 Å². The van der Waals surface area contributed by atoms with Crippen molar-refractivity contribution in [2.24, 2.45) is 5.92 Å². The Bertz CT molecular complexity index is 570. The molecule has 1 aromatic carbocycles. The lowest BCUT2D eigenvalue weighted by atomic mass is 9.68. The number of benzene rings is 1. The van der Waals surface area contributed by atoms with E-state index in [1.165, 1.54) is 0 Å². The van der Waals surface area contributed by atoms with Gasteiger partial charge in [-0.15, -0.1) is 0 Å². The summed E-state index contributed by atoms with van der Waals surface area (Å²) in [7, 11) is 0. The van der Waals surface area contributed by atoms with Crippen molar-refractivity contribution in [1.29, 1.82) is 0 Å². The number of aryl methyl sites for hydroxylation is 1. The Balaban J connectivity index is 2.05. The largest absolute Gasteiger partial charge is 0.385 e. The molecule has 1 saturated carbocycles. The zero-order valence-electron chi connectivity index (χ0n) is 10.3. The van der Waals surface area contributed by atoms with E-state index in [1.807, 2.05) is 25.1 Å². The van der Waals surface area contributed by atoms with Crippen LogP contribution in [0, 0.1) is 12.8 Å². The fourth-order valence-corrected chi connectivity index (χ4v) is 2.85. The predicted molar refractivity (Wildman–Crippen MR) is 68.8 cm³/mol. The minimum atomic E-state index is -0.599. The SMILES string of the molecule is Cc1ccc2cc(C3(O)CC(C)C3)ccc2n1. The summed E-state index contributed by atoms with van der Waals surface area (Å²) in [5, 5.41) is 11.6. The molecule has 0 aliphatic heterocycles. The number of rotatable bonds is 1. The Morgan fingerprint density at radius 1 is 1.24 bits per heavy atom. The van der Waals surface area contributed by atoms with Gasteiger partial charge in [-0.2, -0.15) is 0 Å². The average molecular weight is 227 g/mol. The van der Waals surface area contributed by atoms with Crippen LogP contribution in [0.3, 0.4) is 0 Å². The van der Waals surface area contributed by atoms with Gasteiger partial charge in [-0.3, -0.25) is 4.98 Å². The van der Waals surface area contributed by atoms with Crippen LogP contribution in [-0.4, -0.2) is 10.1 Å². The second kappa shape index (κ2) is 3.54. The first-order chi connectivity index (χ1) is 8.07. The molecule has 0 unspecified atom stereocenters. The quantitative estimate of drug-likeness (QED) is 0.811. The molecule has 88 valence electrons. The topological polar surface area (TPSA) is 33.1 Å². The van der Waals surface area contributed by atoms with E-state index in [0.717, 1.165) is 35.0 Å². The molecule has 1 N–H and O–H groups in total. The molecule has 0 radical (unpaired) electrons. The number of pyridine rings is 1. The monoisotopic (exact) mass is 227 g/mol. The van der Waals surface area contributed by atoms with E-state index in [1.54, 1.807) is 0 Å². The van der Waals surface area contributed by atoms with E-state index < -0.39 is 5.60 Å². The van der Waals surface area contributed by atoms with Crippen LogP contribution in [0.2, 0.25) is 0 Å². The number of fused-ring (bicyclic) bond motifs is 1. The average Bonchev–Trinajstić information content (AvgIpc) is 2.26. The lowest BCUT2D eigenvalue weighted by Gasteiger charge is -2.42. The summed E-state index contributed by atoms with van der Waals surface area (Å²) in [6.07, 6.45) is 1.75. The molecule has 2 heteroatoms. The van der Waals surface area contributed by atoms with Crippen molar-refractivity contribution < 1.29 is 5.11 Å². The number of aliphatic hydroxyl groups is 1. The minimum absolute atomic E-state index is 0.599. The maximum Gasteiger partial charge on any atom is 0.0901 e. The van der Waals surface area contributed by atoms with Gasteiger partial charge >= 0.3 is 0 Å². The highest BCUT2D eigenvalue weighted by Crippen LogP contribution is 2.45. The number of aromatic nitrogens is 1. The molecule has 0 spiro atoms. The summed E-state index contributed by atoms with van der Waals surface area (Å²) < 4.78 is 0. The van der Waals surface area contributed by atoms with Gasteiger partial charge in [0.2, 0.25) is 0 Å². The molecule has 1 aromatic heterocycles. The van der Waals surface area contributed by atoms with E-state index in [0.29, 0.717) is 5.92 Å². The lowest BCUT2D eigenvalue weighted by molar-refractivity contribution is -0.0737. The third-order valence-corrected chi connectivity index (χ3v) is 3.74. The normalized spacial score (nSPS) is 28.1. The van der Waals surface area contributed by atoms with Crippen LogP contribution in [0.1, 0.15) is 31.0 Å². The molecule has 0 atom stereocenters. The zero-order valence-corrected chi connectivity index (χ0v) is 10.3. The van der Waals surface area contributed by atoms with Crippen molar-refractivity contribution in [1.82, 2.24) is 4.98 Å². The molecule has 2 nitrogen and oxygen atoms in total.